The standard InChI is InChI=1S/C22H18ClFO6/c23-20-16(24)6-5-14-17(25)11-19(30-21(14)20)15-3-1-2-4-18(15)29-8-7-28-13-9-12(10-13)22(26)27/h1-6,11-13H,7-10H2,(H,26,27)/t12-,13+. The molecule has 8 heteroatoms. The largest absolute Gasteiger partial charge is 0.490 e. The van der Waals surface area contributed by atoms with Gasteiger partial charge in [-0.15, -0.1) is 0 Å². The topological polar surface area (TPSA) is 86.0 Å². The summed E-state index contributed by atoms with van der Waals surface area (Å²) in [5.74, 6) is -1.12. The number of rotatable bonds is 7. The van der Waals surface area contributed by atoms with Crippen LogP contribution in [0.15, 0.2) is 51.7 Å². The molecule has 4 rings (SSSR count). The van der Waals surface area contributed by atoms with Gasteiger partial charge in [-0.05, 0) is 37.1 Å². The van der Waals surface area contributed by atoms with Crippen LogP contribution in [-0.2, 0) is 9.53 Å². The van der Waals surface area contributed by atoms with Crippen molar-refractivity contribution in [2.45, 2.75) is 18.9 Å². The van der Waals surface area contributed by atoms with E-state index in [1.165, 1.54) is 12.1 Å². The Hall–Kier alpha value is -2.90. The summed E-state index contributed by atoms with van der Waals surface area (Å²) in [4.78, 5) is 23.3. The van der Waals surface area contributed by atoms with Crippen LogP contribution >= 0.6 is 11.6 Å². The molecule has 0 atom stereocenters. The van der Waals surface area contributed by atoms with Gasteiger partial charge in [0.1, 0.15) is 29.0 Å². The molecule has 2 aromatic carbocycles. The van der Waals surface area contributed by atoms with E-state index in [-0.39, 0.29) is 45.8 Å². The van der Waals surface area contributed by atoms with Crippen LogP contribution in [0.2, 0.25) is 5.02 Å². The van der Waals surface area contributed by atoms with Gasteiger partial charge < -0.3 is 19.0 Å². The molecule has 0 spiro atoms. The Morgan fingerprint density at radius 3 is 2.73 bits per heavy atom. The van der Waals surface area contributed by atoms with E-state index < -0.39 is 11.8 Å². The van der Waals surface area contributed by atoms with Crippen LogP contribution in [-0.4, -0.2) is 30.4 Å². The second-order valence-corrected chi connectivity index (χ2v) is 7.43. The summed E-state index contributed by atoms with van der Waals surface area (Å²) in [6, 6.07) is 10.7. The summed E-state index contributed by atoms with van der Waals surface area (Å²) in [5.41, 5.74) is 0.158. The number of hydrogen-bond acceptors (Lipinski definition) is 5. The number of benzene rings is 2. The van der Waals surface area contributed by atoms with Crippen molar-refractivity contribution in [2.75, 3.05) is 13.2 Å². The number of carbonyl (C=O) groups is 1. The number of carboxylic acid groups (broad SMARTS) is 1. The number of carboxylic acids is 1. The molecule has 30 heavy (non-hydrogen) atoms. The average molecular weight is 433 g/mol. The van der Waals surface area contributed by atoms with Crippen molar-refractivity contribution in [1.29, 1.82) is 0 Å². The van der Waals surface area contributed by atoms with Gasteiger partial charge in [0, 0.05) is 6.07 Å². The Morgan fingerprint density at radius 2 is 1.97 bits per heavy atom. The molecule has 1 heterocycles. The highest BCUT2D eigenvalue weighted by molar-refractivity contribution is 6.34. The zero-order valence-corrected chi connectivity index (χ0v) is 16.5. The van der Waals surface area contributed by atoms with Gasteiger partial charge in [0.2, 0.25) is 0 Å². The lowest BCUT2D eigenvalue weighted by molar-refractivity contribution is -0.151. The van der Waals surface area contributed by atoms with Crippen molar-refractivity contribution in [3.8, 4) is 17.1 Å². The summed E-state index contributed by atoms with van der Waals surface area (Å²) < 4.78 is 30.9. The third-order valence-corrected chi connectivity index (χ3v) is 5.43. The van der Waals surface area contributed by atoms with Crippen LogP contribution in [0.3, 0.4) is 0 Å². The molecule has 0 aliphatic heterocycles. The predicted octanol–water partition coefficient (Wildman–Crippen LogP) is 4.51. The first-order valence-corrected chi connectivity index (χ1v) is 9.80. The minimum Gasteiger partial charge on any atom is -0.490 e. The molecule has 1 aliphatic carbocycles. The minimum absolute atomic E-state index is 0.0183. The molecule has 1 aliphatic rings. The van der Waals surface area contributed by atoms with E-state index in [4.69, 9.17) is 30.6 Å². The molecule has 1 N–H and O–H groups in total. The Labute approximate surface area is 175 Å². The fraction of sp³-hybridized carbons (Fsp3) is 0.273. The summed E-state index contributed by atoms with van der Waals surface area (Å²) in [6.07, 6.45) is 0.942. The van der Waals surface area contributed by atoms with Crippen molar-refractivity contribution < 1.29 is 28.2 Å². The highest BCUT2D eigenvalue weighted by Crippen LogP contribution is 2.34. The van der Waals surface area contributed by atoms with E-state index in [2.05, 4.69) is 0 Å². The molecule has 1 saturated carbocycles. The van der Waals surface area contributed by atoms with Gasteiger partial charge in [0.15, 0.2) is 11.0 Å². The maximum atomic E-state index is 13.8. The number of halogens is 2. The van der Waals surface area contributed by atoms with Gasteiger partial charge in [0.25, 0.3) is 0 Å². The monoisotopic (exact) mass is 432 g/mol. The van der Waals surface area contributed by atoms with Crippen molar-refractivity contribution >= 4 is 28.5 Å². The zero-order chi connectivity index (χ0) is 21.3. The summed E-state index contributed by atoms with van der Waals surface area (Å²) in [6.45, 7) is 0.530. The predicted molar refractivity (Wildman–Crippen MR) is 108 cm³/mol. The second-order valence-electron chi connectivity index (χ2n) is 7.06. The number of para-hydroxylation sites is 1. The molecule has 0 bridgehead atoms. The summed E-state index contributed by atoms with van der Waals surface area (Å²) >= 11 is 5.99. The van der Waals surface area contributed by atoms with Crippen molar-refractivity contribution in [2.24, 2.45) is 5.92 Å². The Kier molecular flexibility index (Phi) is 5.74. The molecule has 6 nitrogen and oxygen atoms in total. The summed E-state index contributed by atoms with van der Waals surface area (Å²) in [5, 5.41) is 8.83. The molecular formula is C22H18ClFO6. The maximum Gasteiger partial charge on any atom is 0.306 e. The van der Waals surface area contributed by atoms with Gasteiger partial charge >= 0.3 is 5.97 Å². The smallest absolute Gasteiger partial charge is 0.306 e. The van der Waals surface area contributed by atoms with Crippen molar-refractivity contribution in [1.82, 2.24) is 0 Å². The molecule has 3 aromatic rings. The van der Waals surface area contributed by atoms with E-state index in [0.717, 1.165) is 6.07 Å². The first kappa shape index (κ1) is 20.4. The normalized spacial score (nSPS) is 18.2. The third kappa shape index (κ3) is 4.04. The van der Waals surface area contributed by atoms with E-state index >= 15 is 0 Å². The Bertz CT molecular complexity index is 1150. The molecule has 1 aromatic heterocycles. The molecule has 156 valence electrons. The lowest BCUT2D eigenvalue weighted by atomic mass is 9.82. The van der Waals surface area contributed by atoms with E-state index in [0.29, 0.717) is 30.8 Å². The second kappa shape index (κ2) is 8.45. The fourth-order valence-electron chi connectivity index (χ4n) is 3.36. The lowest BCUT2D eigenvalue weighted by Gasteiger charge is -2.32. The summed E-state index contributed by atoms with van der Waals surface area (Å²) in [7, 11) is 0. The molecule has 0 amide bonds. The quantitative estimate of drug-likeness (QED) is 0.553. The first-order valence-electron chi connectivity index (χ1n) is 9.42. The average Bonchev–Trinajstić information content (AvgIpc) is 2.69. The third-order valence-electron chi connectivity index (χ3n) is 5.08. The Morgan fingerprint density at radius 1 is 1.20 bits per heavy atom. The highest BCUT2D eigenvalue weighted by Gasteiger charge is 2.34. The first-order chi connectivity index (χ1) is 14.4. The lowest BCUT2D eigenvalue weighted by Crippen LogP contribution is -2.37. The number of ether oxygens (including phenoxy) is 2. The van der Waals surface area contributed by atoms with Crippen LogP contribution in [0.5, 0.6) is 5.75 Å². The molecule has 0 saturated heterocycles. The Balaban J connectivity index is 1.49. The van der Waals surface area contributed by atoms with Gasteiger partial charge in [-0.25, -0.2) is 4.39 Å². The molecular weight excluding hydrogens is 415 g/mol. The molecule has 1 fully saturated rings. The van der Waals surface area contributed by atoms with E-state index in [1.807, 2.05) is 0 Å². The fourth-order valence-corrected chi connectivity index (χ4v) is 3.56. The van der Waals surface area contributed by atoms with Crippen LogP contribution in [0.1, 0.15) is 12.8 Å². The van der Waals surface area contributed by atoms with Gasteiger partial charge in [-0.3, -0.25) is 9.59 Å². The van der Waals surface area contributed by atoms with Crippen molar-refractivity contribution in [3.63, 3.8) is 0 Å². The van der Waals surface area contributed by atoms with Crippen LogP contribution in [0.4, 0.5) is 4.39 Å². The number of fused-ring (bicyclic) bond motifs is 1. The van der Waals surface area contributed by atoms with Crippen LogP contribution in [0.25, 0.3) is 22.3 Å². The van der Waals surface area contributed by atoms with Crippen LogP contribution < -0.4 is 10.2 Å². The molecule has 0 unspecified atom stereocenters. The number of hydrogen-bond donors (Lipinski definition) is 1. The van der Waals surface area contributed by atoms with E-state index in [9.17, 15) is 14.0 Å². The van der Waals surface area contributed by atoms with E-state index in [1.54, 1.807) is 24.3 Å². The van der Waals surface area contributed by atoms with Gasteiger partial charge in [-0.1, -0.05) is 23.7 Å². The SMILES string of the molecule is O=c1cc(-c2ccccc2OCCO[C@H]2C[C@@H](C(=O)O)C2)oc2c(Cl)c(F)ccc12. The minimum atomic E-state index is -0.795. The van der Waals surface area contributed by atoms with Crippen LogP contribution in [0, 0.1) is 11.7 Å². The maximum absolute atomic E-state index is 13.8. The zero-order valence-electron chi connectivity index (χ0n) is 15.8. The number of aliphatic carboxylic acids is 1. The molecule has 0 radical (unpaired) electrons. The van der Waals surface area contributed by atoms with Gasteiger partial charge in [-0.2, -0.15) is 0 Å². The van der Waals surface area contributed by atoms with Gasteiger partial charge in [0.05, 0.1) is 29.6 Å². The van der Waals surface area contributed by atoms with Crippen molar-refractivity contribution in [3.05, 3.63) is 63.5 Å². The highest BCUT2D eigenvalue weighted by atomic mass is 35.5.